The molecular formula is C17H27N3O5S3. The molecule has 1 aromatic carbocycles. The lowest BCUT2D eigenvalue weighted by molar-refractivity contribution is -0.136. The number of hydrogen-bond acceptors (Lipinski definition) is 6. The number of ether oxygens (including phenoxy) is 1. The molecule has 0 spiro atoms. The van der Waals surface area contributed by atoms with Crippen LogP contribution in [-0.2, 0) is 10.2 Å². The van der Waals surface area contributed by atoms with E-state index in [0.717, 1.165) is 11.3 Å². The van der Waals surface area contributed by atoms with E-state index in [1.54, 1.807) is 25.4 Å². The van der Waals surface area contributed by atoms with Crippen molar-refractivity contribution in [2.45, 2.75) is 39.5 Å². The highest BCUT2D eigenvalue weighted by molar-refractivity contribution is 7.80. The number of aliphatic hydroxyl groups excluding tert-OH is 2. The van der Waals surface area contributed by atoms with E-state index in [-0.39, 0.29) is 11.8 Å². The van der Waals surface area contributed by atoms with Crippen LogP contribution in [0.4, 0.5) is 0 Å². The highest BCUT2D eigenvalue weighted by Gasteiger charge is 2.18. The van der Waals surface area contributed by atoms with Gasteiger partial charge in [-0.1, -0.05) is 27.7 Å². The molecule has 8 nitrogen and oxygen atoms in total. The summed E-state index contributed by atoms with van der Waals surface area (Å²) in [5, 5.41) is 23.0. The number of nitrogens with zero attached hydrogens (tertiary/aromatic N) is 1. The molecule has 7 N–H and O–H groups in total. The maximum Gasteiger partial charge on any atom is 0.303 e. The van der Waals surface area contributed by atoms with Crippen LogP contribution >= 0.6 is 35.8 Å². The number of nitrogens with two attached hydrogens (primary N) is 2. The van der Waals surface area contributed by atoms with Gasteiger partial charge in [0.1, 0.15) is 5.75 Å². The number of rotatable bonds is 2. The summed E-state index contributed by atoms with van der Waals surface area (Å²) in [5.41, 5.74) is 9.95. The van der Waals surface area contributed by atoms with Crippen LogP contribution in [0.2, 0.25) is 0 Å². The fourth-order valence-corrected chi connectivity index (χ4v) is 2.36. The first-order chi connectivity index (χ1) is 12.7. The Labute approximate surface area is 179 Å². The Balaban J connectivity index is 0. The summed E-state index contributed by atoms with van der Waals surface area (Å²) in [6.07, 6.45) is 0.222. The number of methoxy groups -OCH3 is 1. The van der Waals surface area contributed by atoms with E-state index in [1.807, 2.05) is 12.1 Å². The van der Waals surface area contributed by atoms with Crippen LogP contribution in [-0.4, -0.2) is 43.7 Å². The van der Waals surface area contributed by atoms with E-state index in [0.29, 0.717) is 0 Å². The first-order valence-corrected chi connectivity index (χ1v) is 9.51. The molecule has 1 heterocycles. The fraction of sp³-hybridized carbons (Fsp3) is 0.412. The number of carboxylic acid groups (broad SMARTS) is 1. The number of carbonyl (C=O) groups is 1. The third-order valence-corrected chi connectivity index (χ3v) is 4.00. The van der Waals surface area contributed by atoms with E-state index >= 15 is 0 Å². The highest BCUT2D eigenvalue weighted by atomic mass is 32.1. The topological polar surface area (TPSA) is 152 Å². The van der Waals surface area contributed by atoms with Gasteiger partial charge in [-0.2, -0.15) is 0 Å². The van der Waals surface area contributed by atoms with E-state index in [4.69, 9.17) is 20.1 Å². The molecule has 1 aromatic heterocycles. The summed E-state index contributed by atoms with van der Waals surface area (Å²) in [4.78, 5) is 14.0. The zero-order chi connectivity index (χ0) is 22.5. The van der Waals surface area contributed by atoms with Crippen molar-refractivity contribution in [2.24, 2.45) is 11.5 Å². The zero-order valence-electron chi connectivity index (χ0n) is 16.4. The van der Waals surface area contributed by atoms with Crippen LogP contribution in [0.1, 0.15) is 39.1 Å². The van der Waals surface area contributed by atoms with Crippen LogP contribution < -0.4 is 16.2 Å². The molecule has 158 valence electrons. The third kappa shape index (κ3) is 14.9. The molecular weight excluding hydrogens is 422 g/mol. The lowest BCUT2D eigenvalue weighted by atomic mass is 9.98. The van der Waals surface area contributed by atoms with Crippen LogP contribution in [0.5, 0.6) is 5.75 Å². The van der Waals surface area contributed by atoms with Gasteiger partial charge in [-0.3, -0.25) is 4.79 Å². The van der Waals surface area contributed by atoms with Crippen LogP contribution in [0, 0.1) is 0 Å². The van der Waals surface area contributed by atoms with Crippen molar-refractivity contribution in [1.82, 2.24) is 4.98 Å². The SMILES string of the molecule is CCC(=O)O.COc1ccc2sc(C(C)(C)C)nc2c1.NC(O)=S.NC(O)=S. The Kier molecular flexibility index (Phi) is 13.8. The van der Waals surface area contributed by atoms with Gasteiger partial charge < -0.3 is 31.5 Å². The van der Waals surface area contributed by atoms with Gasteiger partial charge in [0.15, 0.2) is 0 Å². The second-order valence-corrected chi connectivity index (χ2v) is 7.89. The highest BCUT2D eigenvalue weighted by Crippen LogP contribution is 2.32. The Morgan fingerprint density at radius 1 is 1.18 bits per heavy atom. The number of aliphatic carboxylic acids is 1. The lowest BCUT2D eigenvalue weighted by Crippen LogP contribution is -2.09. The minimum Gasteiger partial charge on any atom is -0.497 e. The van der Waals surface area contributed by atoms with E-state index in [2.05, 4.69) is 67.7 Å². The number of hydrogen-bond donors (Lipinski definition) is 5. The van der Waals surface area contributed by atoms with Gasteiger partial charge in [-0.15, -0.1) is 11.3 Å². The van der Waals surface area contributed by atoms with Gasteiger partial charge in [0.25, 0.3) is 10.3 Å². The molecule has 0 saturated heterocycles. The Bertz CT molecular complexity index is 753. The average Bonchev–Trinajstić information content (AvgIpc) is 2.97. The smallest absolute Gasteiger partial charge is 0.303 e. The van der Waals surface area contributed by atoms with E-state index < -0.39 is 16.3 Å². The first kappa shape index (κ1) is 28.0. The van der Waals surface area contributed by atoms with Gasteiger partial charge >= 0.3 is 5.97 Å². The second kappa shape index (κ2) is 13.9. The van der Waals surface area contributed by atoms with Gasteiger partial charge in [0.2, 0.25) is 0 Å². The van der Waals surface area contributed by atoms with E-state index in [9.17, 15) is 4.79 Å². The predicted molar refractivity (Wildman–Crippen MR) is 122 cm³/mol. The van der Waals surface area contributed by atoms with Gasteiger partial charge in [0, 0.05) is 17.9 Å². The summed E-state index contributed by atoms with van der Waals surface area (Å²) >= 11 is 9.50. The van der Waals surface area contributed by atoms with Gasteiger partial charge in [0.05, 0.1) is 22.3 Å². The average molecular weight is 450 g/mol. The Morgan fingerprint density at radius 3 is 1.93 bits per heavy atom. The molecule has 0 radical (unpaired) electrons. The van der Waals surface area contributed by atoms with Crippen molar-refractivity contribution in [1.29, 1.82) is 0 Å². The Morgan fingerprint density at radius 2 is 1.61 bits per heavy atom. The maximum absolute atomic E-state index is 9.37. The molecule has 0 aliphatic heterocycles. The molecule has 0 saturated carbocycles. The van der Waals surface area contributed by atoms with Crippen molar-refractivity contribution in [2.75, 3.05) is 7.11 Å². The quantitative estimate of drug-likeness (QED) is 0.429. The van der Waals surface area contributed by atoms with Gasteiger partial charge in [-0.25, -0.2) is 4.98 Å². The summed E-state index contributed by atoms with van der Waals surface area (Å²) in [6, 6.07) is 6.04. The molecule has 0 bridgehead atoms. The number of aliphatic hydroxyl groups is 2. The number of carboxylic acids is 1. The van der Waals surface area contributed by atoms with E-state index in [1.165, 1.54) is 9.71 Å². The van der Waals surface area contributed by atoms with Crippen LogP contribution in [0.25, 0.3) is 10.2 Å². The first-order valence-electron chi connectivity index (χ1n) is 7.88. The number of thiocarbonyl (C=S) groups is 2. The molecule has 2 aromatic rings. The molecule has 0 aliphatic rings. The maximum atomic E-state index is 9.37. The predicted octanol–water partition coefficient (Wildman–Crippen LogP) is 3.66. The molecule has 11 heteroatoms. The number of thiazole rings is 1. The summed E-state index contributed by atoms with van der Waals surface area (Å²) < 4.78 is 6.40. The van der Waals surface area contributed by atoms with Crippen molar-refractivity contribution >= 4 is 62.3 Å². The second-order valence-electron chi connectivity index (χ2n) is 6.03. The minimum absolute atomic E-state index is 0.122. The molecule has 0 unspecified atom stereocenters. The summed E-state index contributed by atoms with van der Waals surface area (Å²) in [7, 11) is 1.68. The molecule has 2 rings (SSSR count). The third-order valence-electron chi connectivity index (χ3n) is 2.54. The summed E-state index contributed by atoms with van der Waals surface area (Å²) in [6.45, 7) is 8.15. The largest absolute Gasteiger partial charge is 0.497 e. The number of fused-ring (bicyclic) bond motifs is 1. The van der Waals surface area contributed by atoms with Crippen LogP contribution in [0.3, 0.4) is 0 Å². The number of benzene rings is 1. The molecule has 0 atom stereocenters. The molecule has 0 amide bonds. The van der Waals surface area contributed by atoms with Crippen molar-refractivity contribution in [3.05, 3.63) is 23.2 Å². The van der Waals surface area contributed by atoms with Gasteiger partial charge in [-0.05, 0) is 36.6 Å². The Hall–Kier alpha value is -2.24. The van der Waals surface area contributed by atoms with Crippen LogP contribution in [0.15, 0.2) is 18.2 Å². The normalized spacial score (nSPS) is 9.46. The lowest BCUT2D eigenvalue weighted by Gasteiger charge is -2.13. The van der Waals surface area contributed by atoms with Crippen molar-refractivity contribution < 1.29 is 24.9 Å². The number of aromatic nitrogens is 1. The molecule has 28 heavy (non-hydrogen) atoms. The van der Waals surface area contributed by atoms with Crippen molar-refractivity contribution in [3.8, 4) is 5.75 Å². The minimum atomic E-state index is -0.745. The fourth-order valence-electron chi connectivity index (χ4n) is 1.36. The van der Waals surface area contributed by atoms with Crippen molar-refractivity contribution in [3.63, 3.8) is 0 Å². The standard InChI is InChI=1S/C12H15NOS.C3H6O2.2CH3NOS/c1-12(2,3)11-13-9-7-8(14-4)5-6-10(9)15-11;1-2-3(4)5;2*2-1(3)4/h5-7H,1-4H3;2H2,1H3,(H,4,5);2*(H3,2,3,4). The molecule has 0 fully saturated rings. The zero-order valence-corrected chi connectivity index (χ0v) is 18.9. The monoisotopic (exact) mass is 449 g/mol. The summed E-state index contributed by atoms with van der Waals surface area (Å²) in [5.74, 6) is 0.123. The molecule has 0 aliphatic carbocycles.